The number of carbonyl (C=O) groups excluding carboxylic acids is 3. The van der Waals surface area contributed by atoms with Gasteiger partial charge in [-0.25, -0.2) is 0 Å². The highest BCUT2D eigenvalue weighted by Gasteiger charge is 2.25. The smallest absolute Gasteiger partial charge is 0.306 e. The molecule has 334 valence electrons. The molecule has 0 saturated heterocycles. The molecular weight excluding hydrogens is 715 g/mol. The van der Waals surface area contributed by atoms with Gasteiger partial charge in [0.2, 0.25) is 0 Å². The van der Waals surface area contributed by atoms with Gasteiger partial charge in [0.25, 0.3) is 0 Å². The molecule has 0 N–H and O–H groups in total. The van der Waals surface area contributed by atoms with Crippen molar-refractivity contribution in [1.82, 2.24) is 0 Å². The minimum atomic E-state index is -1.13. The zero-order chi connectivity index (χ0) is 42.1. The van der Waals surface area contributed by atoms with E-state index in [-0.39, 0.29) is 49.1 Å². The summed E-state index contributed by atoms with van der Waals surface area (Å²) in [4.78, 5) is 36.8. The van der Waals surface area contributed by atoms with E-state index in [0.717, 1.165) is 32.1 Å². The van der Waals surface area contributed by atoms with Gasteiger partial charge in [0.1, 0.15) is 12.6 Å². The Morgan fingerprint density at radius 1 is 0.526 bits per heavy atom. The molecule has 8 heteroatoms. The highest BCUT2D eigenvalue weighted by molar-refractivity contribution is 5.70. The number of ether oxygens (including phenoxy) is 3. The van der Waals surface area contributed by atoms with Crippen LogP contribution in [0.3, 0.4) is 0 Å². The van der Waals surface area contributed by atoms with Gasteiger partial charge >= 0.3 is 11.9 Å². The maximum absolute atomic E-state index is 12.7. The molecule has 0 fully saturated rings. The Labute approximate surface area is 351 Å². The summed E-state index contributed by atoms with van der Waals surface area (Å²) in [7, 11) is 5.40. The summed E-state index contributed by atoms with van der Waals surface area (Å²) < 4.78 is 17.1. The zero-order valence-electron chi connectivity index (χ0n) is 38.0. The van der Waals surface area contributed by atoms with Crippen molar-refractivity contribution in [2.45, 2.75) is 231 Å². The fourth-order valence-electron chi connectivity index (χ4n) is 7.13. The lowest BCUT2D eigenvalue weighted by Gasteiger charge is -2.34. The number of carboxylic acid groups (broad SMARTS) is 1. The minimum absolute atomic E-state index is 0.0279. The van der Waals surface area contributed by atoms with Crippen LogP contribution in [0.25, 0.3) is 0 Å². The summed E-state index contributed by atoms with van der Waals surface area (Å²) in [6.45, 7) is 4.62. The molecule has 0 aromatic rings. The first-order valence-corrected chi connectivity index (χ1v) is 23.9. The van der Waals surface area contributed by atoms with E-state index in [0.29, 0.717) is 12.8 Å². The molecule has 0 amide bonds. The first kappa shape index (κ1) is 54.8. The number of rotatable bonds is 43. The molecule has 0 heterocycles. The van der Waals surface area contributed by atoms with Gasteiger partial charge in [0.05, 0.1) is 40.3 Å². The molecule has 0 saturated carbocycles. The maximum atomic E-state index is 12.7. The van der Waals surface area contributed by atoms with Crippen LogP contribution in [0.4, 0.5) is 0 Å². The fraction of sp³-hybridized carbons (Fsp3) is 0.857. The fourth-order valence-corrected chi connectivity index (χ4v) is 7.13. The Morgan fingerprint density at radius 3 is 1.42 bits per heavy atom. The van der Waals surface area contributed by atoms with E-state index >= 15 is 0 Å². The van der Waals surface area contributed by atoms with Gasteiger partial charge in [-0.15, -0.1) is 0 Å². The van der Waals surface area contributed by atoms with Crippen LogP contribution in [0.15, 0.2) is 24.3 Å². The Bertz CT molecular complexity index is 989. The van der Waals surface area contributed by atoms with Gasteiger partial charge in [-0.1, -0.05) is 192 Å². The van der Waals surface area contributed by atoms with Crippen molar-refractivity contribution in [3.63, 3.8) is 0 Å². The second-order valence-corrected chi connectivity index (χ2v) is 17.4. The number of carboxylic acids is 1. The van der Waals surface area contributed by atoms with E-state index < -0.39 is 18.1 Å². The van der Waals surface area contributed by atoms with Gasteiger partial charge < -0.3 is 28.6 Å². The quantitative estimate of drug-likeness (QED) is 0.0262. The number of likely N-dealkylation sites (N-methyl/N-ethyl adjacent to an activating group) is 1. The van der Waals surface area contributed by atoms with E-state index in [1.165, 1.54) is 148 Å². The van der Waals surface area contributed by atoms with Crippen LogP contribution in [-0.4, -0.2) is 75.5 Å². The number of aliphatic carboxylic acids is 1. The first-order chi connectivity index (χ1) is 27.6. The third-order valence-electron chi connectivity index (χ3n) is 10.9. The highest BCUT2D eigenvalue weighted by Crippen LogP contribution is 2.16. The molecule has 0 aliphatic heterocycles. The normalized spacial score (nSPS) is 13.1. The SMILES string of the molecule is CCCCCCCC/C=C/C/C=C/CCC(=O)OCC(COCCC(C(=O)[O-])[N+](C)(C)C)OC(=O)CCCCCCCCCCCCCCCCCCCCCC. The number of esters is 2. The minimum Gasteiger partial charge on any atom is -0.544 e. The van der Waals surface area contributed by atoms with Crippen LogP contribution in [0.2, 0.25) is 0 Å². The largest absolute Gasteiger partial charge is 0.544 e. The summed E-state index contributed by atoms with van der Waals surface area (Å²) in [6, 6.07) is -0.730. The molecular formula is C49H91NO7. The maximum Gasteiger partial charge on any atom is 0.306 e. The molecule has 0 aliphatic rings. The van der Waals surface area contributed by atoms with Crippen LogP contribution in [0.5, 0.6) is 0 Å². The number of hydrogen-bond donors (Lipinski definition) is 0. The summed E-state index contributed by atoms with van der Waals surface area (Å²) >= 11 is 0. The molecule has 0 bridgehead atoms. The standard InChI is InChI=1S/C49H91NO7/c1-6-8-10-12-14-16-18-20-21-22-23-24-25-26-28-30-32-34-36-38-40-48(52)57-45(43-55-42-41-46(49(53)54)50(3,4)5)44-56-47(51)39-37-35-33-31-29-27-19-17-15-13-11-9-7-2/h27,29,33,35,45-46H,6-26,28,30-32,34,36-44H2,1-5H3/b29-27+,35-33+. The Hall–Kier alpha value is -2.19. The Kier molecular flexibility index (Phi) is 39.0. The second-order valence-electron chi connectivity index (χ2n) is 17.4. The number of nitrogens with zero attached hydrogens (tertiary/aromatic N) is 1. The van der Waals surface area contributed by atoms with Crippen molar-refractivity contribution in [2.75, 3.05) is 41.0 Å². The van der Waals surface area contributed by atoms with Crippen molar-refractivity contribution in [1.29, 1.82) is 0 Å². The Balaban J connectivity index is 4.28. The third kappa shape index (κ3) is 39.1. The molecule has 8 nitrogen and oxygen atoms in total. The predicted molar refractivity (Wildman–Crippen MR) is 236 cm³/mol. The van der Waals surface area contributed by atoms with E-state index in [4.69, 9.17) is 14.2 Å². The highest BCUT2D eigenvalue weighted by atomic mass is 16.6. The van der Waals surface area contributed by atoms with Crippen molar-refractivity contribution >= 4 is 17.9 Å². The lowest BCUT2D eigenvalue weighted by Crippen LogP contribution is -2.55. The molecule has 0 aliphatic carbocycles. The van der Waals surface area contributed by atoms with Crippen molar-refractivity contribution in [3.8, 4) is 0 Å². The molecule has 0 spiro atoms. The molecule has 2 atom stereocenters. The van der Waals surface area contributed by atoms with Crippen LogP contribution in [-0.2, 0) is 28.6 Å². The molecule has 57 heavy (non-hydrogen) atoms. The summed E-state index contributed by atoms with van der Waals surface area (Å²) in [5, 5.41) is 11.6. The molecule has 0 radical (unpaired) electrons. The third-order valence-corrected chi connectivity index (χ3v) is 10.9. The van der Waals surface area contributed by atoms with E-state index in [1.54, 1.807) is 21.1 Å². The number of quaternary nitrogens is 1. The van der Waals surface area contributed by atoms with Crippen LogP contribution in [0.1, 0.15) is 219 Å². The van der Waals surface area contributed by atoms with E-state index in [1.807, 2.05) is 6.08 Å². The Morgan fingerprint density at radius 2 is 0.965 bits per heavy atom. The number of hydrogen-bond acceptors (Lipinski definition) is 7. The van der Waals surface area contributed by atoms with Gasteiger partial charge in [-0.05, 0) is 32.1 Å². The lowest BCUT2D eigenvalue weighted by molar-refractivity contribution is -0.889. The summed E-state index contributed by atoms with van der Waals surface area (Å²) in [6.07, 6.45) is 45.1. The van der Waals surface area contributed by atoms with Gasteiger partial charge in [0, 0.05) is 19.3 Å². The van der Waals surface area contributed by atoms with Crippen LogP contribution >= 0.6 is 0 Å². The predicted octanol–water partition coefficient (Wildman–Crippen LogP) is 11.9. The van der Waals surface area contributed by atoms with Crippen molar-refractivity contribution in [3.05, 3.63) is 24.3 Å². The summed E-state index contributed by atoms with van der Waals surface area (Å²) in [5.41, 5.74) is 0. The van der Waals surface area contributed by atoms with Gasteiger partial charge in [-0.3, -0.25) is 9.59 Å². The monoisotopic (exact) mass is 806 g/mol. The lowest BCUT2D eigenvalue weighted by atomic mass is 10.0. The topological polar surface area (TPSA) is 102 Å². The molecule has 0 aromatic carbocycles. The van der Waals surface area contributed by atoms with E-state index in [2.05, 4.69) is 32.1 Å². The average Bonchev–Trinajstić information content (AvgIpc) is 3.17. The van der Waals surface area contributed by atoms with Gasteiger partial charge in [0.15, 0.2) is 6.10 Å². The average molecular weight is 806 g/mol. The van der Waals surface area contributed by atoms with Crippen molar-refractivity contribution in [2.24, 2.45) is 0 Å². The number of unbranched alkanes of at least 4 members (excludes halogenated alkanes) is 25. The van der Waals surface area contributed by atoms with Gasteiger partial charge in [-0.2, -0.15) is 0 Å². The molecule has 2 unspecified atom stereocenters. The van der Waals surface area contributed by atoms with E-state index in [9.17, 15) is 19.5 Å². The number of carbonyl (C=O) groups is 3. The number of allylic oxidation sites excluding steroid dienone is 4. The first-order valence-electron chi connectivity index (χ1n) is 23.9. The zero-order valence-corrected chi connectivity index (χ0v) is 38.0. The van der Waals surface area contributed by atoms with Crippen molar-refractivity contribution < 1.29 is 38.2 Å². The summed E-state index contributed by atoms with van der Waals surface area (Å²) in [5.74, 6) is -1.81. The second kappa shape index (κ2) is 40.6. The van der Waals surface area contributed by atoms with Crippen LogP contribution < -0.4 is 5.11 Å². The molecule has 0 rings (SSSR count). The molecule has 0 aromatic heterocycles. The van der Waals surface area contributed by atoms with Crippen LogP contribution in [0, 0.1) is 0 Å².